The molecule has 6 heteroatoms. The van der Waals surface area contributed by atoms with E-state index in [2.05, 4.69) is 5.32 Å². The Hall–Kier alpha value is -2.76. The van der Waals surface area contributed by atoms with Gasteiger partial charge in [0.15, 0.2) is 6.61 Å². The van der Waals surface area contributed by atoms with E-state index in [1.54, 1.807) is 24.3 Å². The monoisotopic (exact) mass is 290 g/mol. The Morgan fingerprint density at radius 3 is 2.76 bits per heavy atom. The Labute approximate surface area is 121 Å². The van der Waals surface area contributed by atoms with E-state index in [-0.39, 0.29) is 12.3 Å². The van der Waals surface area contributed by atoms with Crippen LogP contribution in [0.5, 0.6) is 11.5 Å². The highest BCUT2D eigenvalue weighted by molar-refractivity contribution is 5.92. The van der Waals surface area contributed by atoms with Crippen LogP contribution in [0.2, 0.25) is 0 Å². The van der Waals surface area contributed by atoms with Crippen molar-refractivity contribution in [2.75, 3.05) is 24.8 Å². The summed E-state index contributed by atoms with van der Waals surface area (Å²) in [5.74, 6) is -0.201. The van der Waals surface area contributed by atoms with Gasteiger partial charge in [-0.1, -0.05) is 12.1 Å². The predicted octanol–water partition coefficient (Wildman–Crippen LogP) is 2.43. The SMILES string of the molecule is COc1ccc(F)c(NC(=O)COc2ccccc2N)c1. The number of para-hydroxylation sites is 2. The lowest BCUT2D eigenvalue weighted by Gasteiger charge is -2.10. The van der Waals surface area contributed by atoms with E-state index in [1.165, 1.54) is 25.3 Å². The van der Waals surface area contributed by atoms with Crippen LogP contribution in [-0.2, 0) is 4.79 Å². The van der Waals surface area contributed by atoms with Crippen LogP contribution in [0.3, 0.4) is 0 Å². The van der Waals surface area contributed by atoms with E-state index >= 15 is 0 Å². The van der Waals surface area contributed by atoms with E-state index < -0.39 is 11.7 Å². The molecule has 0 radical (unpaired) electrons. The smallest absolute Gasteiger partial charge is 0.262 e. The quantitative estimate of drug-likeness (QED) is 0.829. The van der Waals surface area contributed by atoms with Gasteiger partial charge in [0.25, 0.3) is 5.91 Å². The molecule has 0 aliphatic carbocycles. The molecule has 2 aromatic rings. The lowest BCUT2D eigenvalue weighted by molar-refractivity contribution is -0.118. The highest BCUT2D eigenvalue weighted by Crippen LogP contribution is 2.22. The van der Waals surface area contributed by atoms with Gasteiger partial charge >= 0.3 is 0 Å². The molecule has 3 N–H and O–H groups in total. The Morgan fingerprint density at radius 2 is 2.05 bits per heavy atom. The van der Waals surface area contributed by atoms with Crippen LogP contribution in [-0.4, -0.2) is 19.6 Å². The van der Waals surface area contributed by atoms with Gasteiger partial charge in [-0.25, -0.2) is 4.39 Å². The number of nitrogens with two attached hydrogens (primary N) is 1. The third kappa shape index (κ3) is 3.85. The summed E-state index contributed by atoms with van der Waals surface area (Å²) < 4.78 is 23.8. The number of nitrogen functional groups attached to an aromatic ring is 1. The first kappa shape index (κ1) is 14.6. The maximum absolute atomic E-state index is 13.6. The molecule has 110 valence electrons. The highest BCUT2D eigenvalue weighted by atomic mass is 19.1. The molecule has 21 heavy (non-hydrogen) atoms. The molecule has 0 aliphatic rings. The Morgan fingerprint density at radius 1 is 1.29 bits per heavy atom. The van der Waals surface area contributed by atoms with Crippen LogP contribution < -0.4 is 20.5 Å². The second-order valence-electron chi connectivity index (χ2n) is 4.22. The number of hydrogen-bond donors (Lipinski definition) is 2. The summed E-state index contributed by atoms with van der Waals surface area (Å²) in [7, 11) is 1.46. The largest absolute Gasteiger partial charge is 0.497 e. The number of benzene rings is 2. The molecule has 0 bridgehead atoms. The van der Waals surface area contributed by atoms with Gasteiger partial charge in [-0.3, -0.25) is 4.79 Å². The van der Waals surface area contributed by atoms with Crippen LogP contribution in [0.1, 0.15) is 0 Å². The number of carbonyl (C=O) groups is 1. The Kier molecular flexibility index (Phi) is 4.61. The minimum Gasteiger partial charge on any atom is -0.497 e. The molecule has 0 heterocycles. The Bertz CT molecular complexity index is 647. The van der Waals surface area contributed by atoms with Crippen LogP contribution in [0.15, 0.2) is 42.5 Å². The van der Waals surface area contributed by atoms with E-state index in [1.807, 2.05) is 0 Å². The number of nitrogens with one attached hydrogen (secondary N) is 1. The molecular weight excluding hydrogens is 275 g/mol. The number of ether oxygens (including phenoxy) is 2. The van der Waals surface area contributed by atoms with Crippen molar-refractivity contribution in [3.63, 3.8) is 0 Å². The van der Waals surface area contributed by atoms with Gasteiger partial charge < -0.3 is 20.5 Å². The third-order valence-corrected chi connectivity index (χ3v) is 2.73. The highest BCUT2D eigenvalue weighted by Gasteiger charge is 2.09. The molecule has 2 aromatic carbocycles. The zero-order chi connectivity index (χ0) is 15.2. The van der Waals surface area contributed by atoms with Crippen LogP contribution in [0, 0.1) is 5.82 Å². The summed E-state index contributed by atoms with van der Waals surface area (Å²) >= 11 is 0. The fraction of sp³-hybridized carbons (Fsp3) is 0.133. The van der Waals surface area contributed by atoms with E-state index in [9.17, 15) is 9.18 Å². The number of anilines is 2. The molecule has 0 spiro atoms. The van der Waals surface area contributed by atoms with Gasteiger partial charge in [-0.2, -0.15) is 0 Å². The normalized spacial score (nSPS) is 10.0. The number of halogens is 1. The second-order valence-corrected chi connectivity index (χ2v) is 4.22. The summed E-state index contributed by atoms with van der Waals surface area (Å²) in [6.45, 7) is -0.273. The van der Waals surface area contributed by atoms with Gasteiger partial charge in [0.1, 0.15) is 17.3 Å². The first-order valence-electron chi connectivity index (χ1n) is 6.21. The van der Waals surface area contributed by atoms with Crippen molar-refractivity contribution in [1.82, 2.24) is 0 Å². The molecule has 0 aliphatic heterocycles. The molecule has 0 unspecified atom stereocenters. The van der Waals surface area contributed by atoms with Crippen molar-refractivity contribution in [1.29, 1.82) is 0 Å². The molecule has 0 saturated carbocycles. The average Bonchev–Trinajstić information content (AvgIpc) is 2.48. The first-order valence-corrected chi connectivity index (χ1v) is 6.21. The van der Waals surface area contributed by atoms with Gasteiger partial charge in [-0.15, -0.1) is 0 Å². The molecular formula is C15H15FN2O3. The standard InChI is InChI=1S/C15H15FN2O3/c1-20-10-6-7-11(16)13(8-10)18-15(19)9-21-14-5-3-2-4-12(14)17/h2-8H,9,17H2,1H3,(H,18,19). The van der Waals surface area contributed by atoms with Crippen molar-refractivity contribution < 1.29 is 18.7 Å². The summed E-state index contributed by atoms with van der Waals surface area (Å²) in [5.41, 5.74) is 6.15. The lowest BCUT2D eigenvalue weighted by Crippen LogP contribution is -2.21. The fourth-order valence-electron chi connectivity index (χ4n) is 1.67. The number of amides is 1. The first-order chi connectivity index (χ1) is 10.1. The lowest BCUT2D eigenvalue weighted by atomic mass is 10.3. The van der Waals surface area contributed by atoms with Crippen molar-refractivity contribution in [2.45, 2.75) is 0 Å². The average molecular weight is 290 g/mol. The van der Waals surface area contributed by atoms with E-state index in [4.69, 9.17) is 15.2 Å². The number of methoxy groups -OCH3 is 1. The van der Waals surface area contributed by atoms with Gasteiger partial charge in [-0.05, 0) is 24.3 Å². The van der Waals surface area contributed by atoms with Crippen molar-refractivity contribution in [2.24, 2.45) is 0 Å². The molecule has 2 rings (SSSR count). The van der Waals surface area contributed by atoms with Crippen molar-refractivity contribution in [3.8, 4) is 11.5 Å². The van der Waals surface area contributed by atoms with Gasteiger partial charge in [0, 0.05) is 6.07 Å². The van der Waals surface area contributed by atoms with Crippen LogP contribution in [0.4, 0.5) is 15.8 Å². The minimum absolute atomic E-state index is 0.0315. The molecule has 0 fully saturated rings. The van der Waals surface area contributed by atoms with Crippen LogP contribution >= 0.6 is 0 Å². The number of rotatable bonds is 5. The van der Waals surface area contributed by atoms with Crippen molar-refractivity contribution in [3.05, 3.63) is 48.3 Å². The van der Waals surface area contributed by atoms with Gasteiger partial charge in [0.05, 0.1) is 18.5 Å². The Balaban J connectivity index is 1.97. The fourth-order valence-corrected chi connectivity index (χ4v) is 1.67. The van der Waals surface area contributed by atoms with Gasteiger partial charge in [0.2, 0.25) is 0 Å². The number of carbonyl (C=O) groups excluding carboxylic acids is 1. The zero-order valence-electron chi connectivity index (χ0n) is 11.4. The second kappa shape index (κ2) is 6.60. The van der Waals surface area contributed by atoms with Crippen molar-refractivity contribution >= 4 is 17.3 Å². The molecule has 0 atom stereocenters. The summed E-state index contributed by atoms with van der Waals surface area (Å²) in [6, 6.07) is 10.9. The maximum atomic E-state index is 13.6. The minimum atomic E-state index is -0.552. The molecule has 0 saturated heterocycles. The molecule has 0 aromatic heterocycles. The van der Waals surface area contributed by atoms with E-state index in [0.29, 0.717) is 17.2 Å². The predicted molar refractivity (Wildman–Crippen MR) is 77.9 cm³/mol. The summed E-state index contributed by atoms with van der Waals surface area (Å²) in [4.78, 5) is 11.8. The summed E-state index contributed by atoms with van der Waals surface area (Å²) in [6.07, 6.45) is 0. The maximum Gasteiger partial charge on any atom is 0.262 e. The third-order valence-electron chi connectivity index (χ3n) is 2.73. The molecule has 1 amide bonds. The van der Waals surface area contributed by atoms with E-state index in [0.717, 1.165) is 0 Å². The molecule has 5 nitrogen and oxygen atoms in total. The zero-order valence-corrected chi connectivity index (χ0v) is 11.4. The summed E-state index contributed by atoms with van der Waals surface area (Å²) in [5, 5.41) is 2.41. The topological polar surface area (TPSA) is 73.6 Å². The number of hydrogen-bond acceptors (Lipinski definition) is 4. The van der Waals surface area contributed by atoms with Crippen LogP contribution in [0.25, 0.3) is 0 Å².